The first-order valence-electron chi connectivity index (χ1n) is 5.61. The average Bonchev–Trinajstić information content (AvgIpc) is 2.41. The average molecular weight is 289 g/mol. The Balaban J connectivity index is 2.12. The van der Waals surface area contributed by atoms with Gasteiger partial charge in [0.05, 0.1) is 11.3 Å². The van der Waals surface area contributed by atoms with Crippen LogP contribution >= 0.6 is 0 Å². The van der Waals surface area contributed by atoms with Crippen molar-refractivity contribution in [2.75, 3.05) is 4.72 Å². The molecule has 0 bridgehead atoms. The molecule has 6 nitrogen and oxygen atoms in total. The van der Waals surface area contributed by atoms with Crippen LogP contribution in [0.1, 0.15) is 11.3 Å². The largest absolute Gasteiger partial charge is 0.439 e. The van der Waals surface area contributed by atoms with Crippen LogP contribution in [-0.4, -0.2) is 13.7 Å². The van der Waals surface area contributed by atoms with E-state index in [1.807, 2.05) is 6.07 Å². The lowest BCUT2D eigenvalue weighted by molar-refractivity contribution is 0.461. The van der Waals surface area contributed by atoms with E-state index in [1.165, 1.54) is 0 Å². The second-order valence-electron chi connectivity index (χ2n) is 3.87. The zero-order chi connectivity index (χ0) is 14.5. The lowest BCUT2D eigenvalue weighted by Gasteiger charge is -2.07. The van der Waals surface area contributed by atoms with Crippen LogP contribution in [0, 0.1) is 18.3 Å². The molecule has 1 atom stereocenters. The third-order valence-corrected chi connectivity index (χ3v) is 2.87. The topological polar surface area (TPSA) is 95.2 Å². The SMILES string of the molecule is Cc1nc(Oc2ccc(NS(=O)O)cc2)ccc1C#N. The number of nitriles is 1. The molecule has 102 valence electrons. The molecule has 0 saturated heterocycles. The third kappa shape index (κ3) is 3.54. The van der Waals surface area contributed by atoms with Crippen LogP contribution < -0.4 is 9.46 Å². The van der Waals surface area contributed by atoms with E-state index >= 15 is 0 Å². The summed E-state index contributed by atoms with van der Waals surface area (Å²) in [6.45, 7) is 1.73. The summed E-state index contributed by atoms with van der Waals surface area (Å²) < 4.78 is 27.1. The van der Waals surface area contributed by atoms with Gasteiger partial charge in [0.2, 0.25) is 5.88 Å². The lowest BCUT2D eigenvalue weighted by atomic mass is 10.2. The molecule has 0 aliphatic rings. The van der Waals surface area contributed by atoms with E-state index in [-0.39, 0.29) is 0 Å². The van der Waals surface area contributed by atoms with E-state index in [0.717, 1.165) is 0 Å². The van der Waals surface area contributed by atoms with Crippen LogP contribution in [0.25, 0.3) is 0 Å². The summed E-state index contributed by atoms with van der Waals surface area (Å²) in [4.78, 5) is 4.16. The fourth-order valence-electron chi connectivity index (χ4n) is 1.53. The van der Waals surface area contributed by atoms with Crippen molar-refractivity contribution in [2.45, 2.75) is 6.92 Å². The van der Waals surface area contributed by atoms with Crippen molar-refractivity contribution < 1.29 is 13.5 Å². The fraction of sp³-hybridized carbons (Fsp3) is 0.0769. The van der Waals surface area contributed by atoms with Crippen LogP contribution in [0.2, 0.25) is 0 Å². The molecule has 1 heterocycles. The van der Waals surface area contributed by atoms with Gasteiger partial charge in [0.25, 0.3) is 11.3 Å². The van der Waals surface area contributed by atoms with Gasteiger partial charge in [0.15, 0.2) is 0 Å². The monoisotopic (exact) mass is 289 g/mol. The first kappa shape index (κ1) is 14.0. The van der Waals surface area contributed by atoms with Crippen molar-refractivity contribution in [1.82, 2.24) is 4.98 Å². The predicted molar refractivity (Wildman–Crippen MR) is 74.6 cm³/mol. The number of anilines is 1. The van der Waals surface area contributed by atoms with E-state index in [2.05, 4.69) is 9.71 Å². The number of aromatic nitrogens is 1. The molecule has 2 aromatic rings. The second-order valence-corrected chi connectivity index (χ2v) is 4.57. The van der Waals surface area contributed by atoms with Crippen LogP contribution in [0.3, 0.4) is 0 Å². The minimum absolute atomic E-state index is 0.382. The number of hydrogen-bond donors (Lipinski definition) is 2. The molecule has 0 aliphatic heterocycles. The molecule has 0 aliphatic carbocycles. The number of nitrogens with one attached hydrogen (secondary N) is 1. The van der Waals surface area contributed by atoms with E-state index in [1.54, 1.807) is 43.3 Å². The third-order valence-electron chi connectivity index (χ3n) is 2.46. The molecule has 20 heavy (non-hydrogen) atoms. The maximum absolute atomic E-state index is 10.6. The minimum atomic E-state index is -2.10. The van der Waals surface area contributed by atoms with Gasteiger partial charge in [-0.2, -0.15) is 5.26 Å². The van der Waals surface area contributed by atoms with Gasteiger partial charge >= 0.3 is 0 Å². The lowest BCUT2D eigenvalue weighted by Crippen LogP contribution is -2.01. The van der Waals surface area contributed by atoms with Gasteiger partial charge in [-0.1, -0.05) is 0 Å². The first-order valence-corrected chi connectivity index (χ1v) is 6.72. The highest BCUT2D eigenvalue weighted by Crippen LogP contribution is 2.22. The summed E-state index contributed by atoms with van der Waals surface area (Å²) in [7, 11) is 0. The summed E-state index contributed by atoms with van der Waals surface area (Å²) >= 11 is -2.10. The summed E-state index contributed by atoms with van der Waals surface area (Å²) in [5.74, 6) is 0.920. The Bertz CT molecular complexity index is 680. The zero-order valence-electron chi connectivity index (χ0n) is 10.5. The number of pyridine rings is 1. The molecule has 0 amide bonds. The Morgan fingerprint density at radius 1 is 1.30 bits per heavy atom. The van der Waals surface area contributed by atoms with Gasteiger partial charge in [-0.25, -0.2) is 9.19 Å². The van der Waals surface area contributed by atoms with Gasteiger partial charge in [-0.15, -0.1) is 0 Å². The van der Waals surface area contributed by atoms with Crippen LogP contribution in [0.15, 0.2) is 36.4 Å². The van der Waals surface area contributed by atoms with Crippen molar-refractivity contribution in [3.05, 3.63) is 47.7 Å². The van der Waals surface area contributed by atoms with Gasteiger partial charge < -0.3 is 4.74 Å². The normalized spacial score (nSPS) is 11.4. The quantitative estimate of drug-likeness (QED) is 0.843. The van der Waals surface area contributed by atoms with E-state index in [9.17, 15) is 4.21 Å². The van der Waals surface area contributed by atoms with Gasteiger partial charge in [0, 0.05) is 11.8 Å². The highest BCUT2D eigenvalue weighted by Gasteiger charge is 2.03. The molecular formula is C13H11N3O3S. The van der Waals surface area contributed by atoms with Crippen LogP contribution in [0.4, 0.5) is 5.69 Å². The van der Waals surface area contributed by atoms with E-state index < -0.39 is 11.3 Å². The zero-order valence-corrected chi connectivity index (χ0v) is 11.3. The Morgan fingerprint density at radius 3 is 2.55 bits per heavy atom. The number of rotatable bonds is 4. The standard InChI is InChI=1S/C13H11N3O3S/c1-9-10(8-14)2-7-13(15-9)19-12-5-3-11(4-6-12)16-20(17)18/h2-7,16H,1H3,(H,17,18). The van der Waals surface area contributed by atoms with Crippen molar-refractivity contribution in [2.24, 2.45) is 0 Å². The van der Waals surface area contributed by atoms with Crippen molar-refractivity contribution >= 4 is 17.0 Å². The molecule has 1 aromatic heterocycles. The smallest absolute Gasteiger partial charge is 0.259 e. The highest BCUT2D eigenvalue weighted by molar-refractivity contribution is 7.80. The molecule has 2 N–H and O–H groups in total. The minimum Gasteiger partial charge on any atom is -0.439 e. The summed E-state index contributed by atoms with van der Waals surface area (Å²) in [5, 5.41) is 8.82. The summed E-state index contributed by atoms with van der Waals surface area (Å²) in [5.41, 5.74) is 1.60. The van der Waals surface area contributed by atoms with Crippen LogP contribution in [0.5, 0.6) is 11.6 Å². The highest BCUT2D eigenvalue weighted by atomic mass is 32.2. The maximum Gasteiger partial charge on any atom is 0.259 e. The summed E-state index contributed by atoms with van der Waals surface area (Å²) in [6, 6.07) is 11.8. The Hall–Kier alpha value is -2.43. The Labute approximate surface area is 118 Å². The molecule has 1 aromatic carbocycles. The molecule has 0 spiro atoms. The summed E-state index contributed by atoms with van der Waals surface area (Å²) in [6.07, 6.45) is 0. The number of ether oxygens (including phenoxy) is 1. The van der Waals surface area contributed by atoms with Gasteiger partial charge in [-0.05, 0) is 37.3 Å². The molecule has 1 unspecified atom stereocenters. The number of aryl methyl sites for hydroxylation is 1. The molecule has 0 saturated carbocycles. The Morgan fingerprint density at radius 2 is 2.00 bits per heavy atom. The first-order chi connectivity index (χ1) is 9.58. The maximum atomic E-state index is 10.6. The number of hydrogen-bond acceptors (Lipinski definition) is 4. The van der Waals surface area contributed by atoms with Gasteiger partial charge in [-0.3, -0.25) is 9.27 Å². The van der Waals surface area contributed by atoms with Crippen LogP contribution in [-0.2, 0) is 11.3 Å². The van der Waals surface area contributed by atoms with E-state index in [4.69, 9.17) is 14.6 Å². The second kappa shape index (κ2) is 6.14. The fourth-order valence-corrected chi connectivity index (χ4v) is 1.86. The van der Waals surface area contributed by atoms with Gasteiger partial charge in [0.1, 0.15) is 11.8 Å². The molecule has 7 heteroatoms. The Kier molecular flexibility index (Phi) is 4.30. The molecule has 0 fully saturated rings. The predicted octanol–water partition coefficient (Wildman–Crippen LogP) is 2.60. The van der Waals surface area contributed by atoms with Crippen molar-refractivity contribution in [1.29, 1.82) is 5.26 Å². The number of benzene rings is 1. The molecule has 2 rings (SSSR count). The molecule has 0 radical (unpaired) electrons. The van der Waals surface area contributed by atoms with Crippen molar-refractivity contribution in [3.8, 4) is 17.7 Å². The number of nitrogens with zero attached hydrogens (tertiary/aromatic N) is 2. The van der Waals surface area contributed by atoms with Crippen molar-refractivity contribution in [3.63, 3.8) is 0 Å². The van der Waals surface area contributed by atoms with E-state index in [0.29, 0.717) is 28.6 Å². The molecular weight excluding hydrogens is 278 g/mol.